The molecule has 0 aliphatic carbocycles. The third-order valence-corrected chi connectivity index (χ3v) is 2.31. The number of halogens is 3. The zero-order valence-corrected chi connectivity index (χ0v) is 8.65. The van der Waals surface area contributed by atoms with Crippen molar-refractivity contribution in [3.63, 3.8) is 0 Å². The van der Waals surface area contributed by atoms with Gasteiger partial charge in [-0.2, -0.15) is 4.99 Å². The minimum absolute atomic E-state index is 0.598. The molecule has 0 amide bonds. The van der Waals surface area contributed by atoms with Crippen molar-refractivity contribution >= 4 is 6.02 Å². The number of aliphatic imine (C=N–C) groups is 1. The maximum atomic E-state index is 13.5. The normalized spacial score (nSPS) is 23.1. The lowest BCUT2D eigenvalue weighted by molar-refractivity contribution is 0.0553. The van der Waals surface area contributed by atoms with Gasteiger partial charge in [-0.05, 0) is 12.1 Å². The van der Waals surface area contributed by atoms with Crippen LogP contribution in [-0.4, -0.2) is 21.3 Å². The minimum Gasteiger partial charge on any atom is -0.493 e. The molecule has 1 unspecified atom stereocenters. The molecular weight excluding hydrogens is 253 g/mol. The van der Waals surface area contributed by atoms with Gasteiger partial charge in [0, 0.05) is 11.6 Å². The molecule has 1 aliphatic rings. The Hall–Kier alpha value is -2.22. The van der Waals surface area contributed by atoms with E-state index in [1.807, 2.05) is 5.32 Å². The van der Waals surface area contributed by atoms with E-state index in [-0.39, 0.29) is 0 Å². The molecule has 96 valence electrons. The van der Waals surface area contributed by atoms with Crippen LogP contribution in [0.15, 0.2) is 29.1 Å². The van der Waals surface area contributed by atoms with Crippen molar-refractivity contribution in [1.82, 2.24) is 5.32 Å². The number of hydrogen-bond acceptors (Lipinski definition) is 4. The predicted molar refractivity (Wildman–Crippen MR) is 54.1 cm³/mol. The number of aliphatic hydroxyl groups excluding tert-OH is 2. The smallest absolute Gasteiger partial charge is 0.292 e. The maximum Gasteiger partial charge on any atom is 0.292 e. The first kappa shape index (κ1) is 12.2. The maximum absolute atomic E-state index is 13.5. The van der Waals surface area contributed by atoms with E-state index in [9.17, 15) is 18.3 Å². The van der Waals surface area contributed by atoms with Crippen LogP contribution in [0, 0.1) is 17.5 Å². The van der Waals surface area contributed by atoms with Gasteiger partial charge in [0.2, 0.25) is 5.88 Å². The molecule has 1 atom stereocenters. The molecule has 0 bridgehead atoms. The number of nitrogens with one attached hydrogen (secondary N) is 1. The van der Waals surface area contributed by atoms with Crippen molar-refractivity contribution in [3.8, 4) is 0 Å². The fourth-order valence-electron chi connectivity index (χ4n) is 1.53. The monoisotopic (exact) mass is 260 g/mol. The van der Waals surface area contributed by atoms with Crippen molar-refractivity contribution in [3.05, 3.63) is 47.1 Å². The van der Waals surface area contributed by atoms with Gasteiger partial charge < -0.3 is 20.6 Å². The summed E-state index contributed by atoms with van der Waals surface area (Å²) in [6, 6.07) is 0.464. The first-order chi connectivity index (χ1) is 8.33. The third kappa shape index (κ3) is 1.86. The van der Waals surface area contributed by atoms with Crippen LogP contribution >= 0.6 is 0 Å². The molecule has 0 saturated heterocycles. The van der Waals surface area contributed by atoms with Crippen LogP contribution in [0.2, 0.25) is 0 Å². The van der Waals surface area contributed by atoms with E-state index in [0.717, 1.165) is 6.07 Å². The van der Waals surface area contributed by atoms with Crippen LogP contribution in [0.5, 0.6) is 0 Å². The van der Waals surface area contributed by atoms with Gasteiger partial charge in [-0.3, -0.25) is 0 Å². The Kier molecular flexibility index (Phi) is 2.66. The Morgan fingerprint density at radius 3 is 2.39 bits per heavy atom. The topological polar surface area (TPSA) is 85.1 Å². The highest BCUT2D eigenvalue weighted by atomic mass is 19.2. The molecule has 8 heteroatoms. The SMILES string of the molecule is OC1=CC(O)(c2ccc(F)c(F)c2F)NC(O)=N1. The molecule has 0 saturated carbocycles. The Balaban J connectivity index is 2.56. The van der Waals surface area contributed by atoms with Gasteiger partial charge in [-0.15, -0.1) is 0 Å². The summed E-state index contributed by atoms with van der Waals surface area (Å²) in [6.45, 7) is 0. The van der Waals surface area contributed by atoms with Crippen LogP contribution in [0.4, 0.5) is 13.2 Å². The lowest BCUT2D eigenvalue weighted by atomic mass is 10.0. The van der Waals surface area contributed by atoms with Crippen molar-refractivity contribution in [2.24, 2.45) is 4.99 Å². The van der Waals surface area contributed by atoms with Crippen LogP contribution in [0.25, 0.3) is 0 Å². The van der Waals surface area contributed by atoms with Gasteiger partial charge in [0.15, 0.2) is 23.2 Å². The Morgan fingerprint density at radius 2 is 1.78 bits per heavy atom. The van der Waals surface area contributed by atoms with E-state index in [2.05, 4.69) is 4.99 Å². The summed E-state index contributed by atoms with van der Waals surface area (Å²) in [5.41, 5.74) is -3.15. The number of hydrogen-bond donors (Lipinski definition) is 4. The molecule has 0 fully saturated rings. The van der Waals surface area contributed by atoms with E-state index >= 15 is 0 Å². The third-order valence-electron chi connectivity index (χ3n) is 2.31. The predicted octanol–water partition coefficient (Wildman–Crippen LogP) is 1.17. The average molecular weight is 260 g/mol. The van der Waals surface area contributed by atoms with Crippen LogP contribution in [0.3, 0.4) is 0 Å². The van der Waals surface area contributed by atoms with E-state index in [0.29, 0.717) is 12.1 Å². The Labute approximate surface area is 98.5 Å². The van der Waals surface area contributed by atoms with Crippen molar-refractivity contribution in [1.29, 1.82) is 0 Å². The molecule has 1 aromatic carbocycles. The molecule has 0 spiro atoms. The molecule has 0 radical (unpaired) electrons. The highest BCUT2D eigenvalue weighted by Crippen LogP contribution is 2.28. The Morgan fingerprint density at radius 1 is 1.11 bits per heavy atom. The number of rotatable bonds is 1. The van der Waals surface area contributed by atoms with Gasteiger partial charge >= 0.3 is 0 Å². The molecule has 5 nitrogen and oxygen atoms in total. The first-order valence-corrected chi connectivity index (χ1v) is 4.67. The van der Waals surface area contributed by atoms with E-state index < -0.39 is 40.6 Å². The highest BCUT2D eigenvalue weighted by molar-refractivity contribution is 5.74. The second-order valence-corrected chi connectivity index (χ2v) is 3.55. The summed E-state index contributed by atoms with van der Waals surface area (Å²) in [5.74, 6) is -5.67. The van der Waals surface area contributed by atoms with Gasteiger partial charge in [0.25, 0.3) is 6.02 Å². The van der Waals surface area contributed by atoms with E-state index in [4.69, 9.17) is 10.2 Å². The van der Waals surface area contributed by atoms with Crippen LogP contribution in [-0.2, 0) is 5.72 Å². The van der Waals surface area contributed by atoms with Gasteiger partial charge in [-0.1, -0.05) is 0 Å². The van der Waals surface area contributed by atoms with Crippen molar-refractivity contribution in [2.75, 3.05) is 0 Å². The van der Waals surface area contributed by atoms with Crippen molar-refractivity contribution < 1.29 is 28.5 Å². The zero-order chi connectivity index (χ0) is 13.5. The molecule has 4 N–H and O–H groups in total. The summed E-state index contributed by atoms with van der Waals surface area (Å²) < 4.78 is 39.3. The molecule has 0 aromatic heterocycles. The quantitative estimate of drug-likeness (QED) is 0.571. The van der Waals surface area contributed by atoms with E-state index in [1.165, 1.54) is 0 Å². The zero-order valence-electron chi connectivity index (χ0n) is 8.65. The summed E-state index contributed by atoms with van der Waals surface area (Å²) in [7, 11) is 0. The van der Waals surface area contributed by atoms with Gasteiger partial charge in [0.1, 0.15) is 0 Å². The molecule has 1 aliphatic heterocycles. The van der Waals surface area contributed by atoms with Crippen molar-refractivity contribution in [2.45, 2.75) is 5.72 Å². The van der Waals surface area contributed by atoms with Gasteiger partial charge in [-0.25, -0.2) is 13.2 Å². The fraction of sp³-hybridized carbons (Fsp3) is 0.100. The standard InChI is InChI=1S/C10H7F3N2O3/c11-5-2-1-4(7(12)8(5)13)10(18)3-6(16)14-9(17)15-10/h1-3,16,18H,(H2,14,15,17). The number of benzene rings is 1. The largest absolute Gasteiger partial charge is 0.493 e. The average Bonchev–Trinajstić information content (AvgIpc) is 2.23. The summed E-state index contributed by atoms with van der Waals surface area (Å²) in [4.78, 5) is 3.10. The first-order valence-electron chi connectivity index (χ1n) is 4.67. The lowest BCUT2D eigenvalue weighted by Crippen LogP contribution is -2.47. The van der Waals surface area contributed by atoms with Crippen LogP contribution in [0.1, 0.15) is 5.56 Å². The number of nitrogens with zero attached hydrogens (tertiary/aromatic N) is 1. The fourth-order valence-corrected chi connectivity index (χ4v) is 1.53. The van der Waals surface area contributed by atoms with Gasteiger partial charge in [0.05, 0.1) is 0 Å². The number of amidine groups is 1. The minimum atomic E-state index is -2.44. The van der Waals surface area contributed by atoms with E-state index in [1.54, 1.807) is 0 Å². The summed E-state index contributed by atoms with van der Waals surface area (Å²) >= 11 is 0. The van der Waals surface area contributed by atoms with Crippen LogP contribution < -0.4 is 5.32 Å². The summed E-state index contributed by atoms with van der Waals surface area (Å²) in [5, 5.41) is 30.1. The molecule has 1 aromatic rings. The highest BCUT2D eigenvalue weighted by Gasteiger charge is 2.36. The summed E-state index contributed by atoms with van der Waals surface area (Å²) in [6.07, 6.45) is 0.627. The second kappa shape index (κ2) is 3.91. The Bertz CT molecular complexity index is 574. The molecule has 2 rings (SSSR count). The second-order valence-electron chi connectivity index (χ2n) is 3.55. The molecule has 18 heavy (non-hydrogen) atoms. The lowest BCUT2D eigenvalue weighted by Gasteiger charge is -2.28. The number of aliphatic hydroxyl groups is 3. The molecular formula is C10H7F3N2O3. The molecule has 1 heterocycles.